The minimum absolute atomic E-state index is 0.000231. The van der Waals surface area contributed by atoms with Crippen molar-refractivity contribution in [2.45, 2.75) is 20.3 Å². The van der Waals surface area contributed by atoms with E-state index in [0.29, 0.717) is 0 Å². The van der Waals surface area contributed by atoms with Crippen molar-refractivity contribution >= 4 is 17.3 Å². The SMILES string of the molecule is Cc1ccc2c(c1C)N(C(=O)CN)CCCN2C. The average Bonchev–Trinajstić information content (AvgIpc) is 2.53. The van der Waals surface area contributed by atoms with Gasteiger partial charge in [0.2, 0.25) is 5.91 Å². The topological polar surface area (TPSA) is 49.6 Å². The maximum absolute atomic E-state index is 12.0. The molecule has 1 heterocycles. The number of carbonyl (C=O) groups excluding carboxylic acids is 1. The molecule has 0 aromatic heterocycles. The van der Waals surface area contributed by atoms with Crippen LogP contribution < -0.4 is 15.5 Å². The van der Waals surface area contributed by atoms with Gasteiger partial charge in [0, 0.05) is 20.1 Å². The van der Waals surface area contributed by atoms with Gasteiger partial charge in [-0.3, -0.25) is 4.79 Å². The van der Waals surface area contributed by atoms with Crippen LogP contribution in [0.1, 0.15) is 17.5 Å². The van der Waals surface area contributed by atoms with Crippen molar-refractivity contribution in [1.29, 1.82) is 0 Å². The third kappa shape index (κ3) is 2.08. The van der Waals surface area contributed by atoms with Crippen LogP contribution in [0.2, 0.25) is 0 Å². The summed E-state index contributed by atoms with van der Waals surface area (Å²) in [6.07, 6.45) is 0.968. The summed E-state index contributed by atoms with van der Waals surface area (Å²) in [5, 5.41) is 0. The fourth-order valence-corrected chi connectivity index (χ4v) is 2.49. The molecule has 18 heavy (non-hydrogen) atoms. The molecule has 0 atom stereocenters. The van der Waals surface area contributed by atoms with Crippen LogP contribution in [0.3, 0.4) is 0 Å². The summed E-state index contributed by atoms with van der Waals surface area (Å²) in [5.74, 6) is 0.000231. The Bertz CT molecular complexity index is 470. The predicted octanol–water partition coefficient (Wildman–Crippen LogP) is 1.44. The van der Waals surface area contributed by atoms with Crippen molar-refractivity contribution in [2.24, 2.45) is 5.73 Å². The van der Waals surface area contributed by atoms with Crippen molar-refractivity contribution < 1.29 is 4.79 Å². The summed E-state index contributed by atoms with van der Waals surface area (Å²) in [4.78, 5) is 16.1. The number of benzene rings is 1. The maximum atomic E-state index is 12.0. The van der Waals surface area contributed by atoms with Gasteiger partial charge in [-0.1, -0.05) is 6.07 Å². The lowest BCUT2D eigenvalue weighted by Gasteiger charge is -2.27. The minimum Gasteiger partial charge on any atom is -0.373 e. The molecule has 0 spiro atoms. The van der Waals surface area contributed by atoms with Gasteiger partial charge in [0.1, 0.15) is 0 Å². The number of hydrogen-bond acceptors (Lipinski definition) is 3. The first-order chi connectivity index (χ1) is 8.56. The van der Waals surface area contributed by atoms with E-state index in [4.69, 9.17) is 5.73 Å². The second kappa shape index (κ2) is 4.98. The zero-order valence-corrected chi connectivity index (χ0v) is 11.4. The second-order valence-electron chi connectivity index (χ2n) is 4.90. The molecule has 0 fully saturated rings. The van der Waals surface area contributed by atoms with Crippen molar-refractivity contribution in [3.05, 3.63) is 23.3 Å². The third-order valence-corrected chi connectivity index (χ3v) is 3.71. The third-order valence-electron chi connectivity index (χ3n) is 3.71. The molecule has 0 saturated heterocycles. The maximum Gasteiger partial charge on any atom is 0.240 e. The van der Waals surface area contributed by atoms with Crippen LogP contribution in [0.25, 0.3) is 0 Å². The lowest BCUT2D eigenvalue weighted by atomic mass is 10.0. The summed E-state index contributed by atoms with van der Waals surface area (Å²) < 4.78 is 0. The van der Waals surface area contributed by atoms with Gasteiger partial charge in [-0.15, -0.1) is 0 Å². The van der Waals surface area contributed by atoms with E-state index >= 15 is 0 Å². The standard InChI is InChI=1S/C14H21N3O/c1-10-5-6-12-14(11(10)2)17(13(18)9-15)8-4-7-16(12)3/h5-6H,4,7-9,15H2,1-3H3. The predicted molar refractivity (Wildman–Crippen MR) is 75.2 cm³/mol. The lowest BCUT2D eigenvalue weighted by Crippen LogP contribution is -2.37. The molecule has 1 aliphatic rings. The van der Waals surface area contributed by atoms with E-state index in [-0.39, 0.29) is 12.5 Å². The average molecular weight is 247 g/mol. The number of fused-ring (bicyclic) bond motifs is 1. The smallest absolute Gasteiger partial charge is 0.240 e. The molecule has 2 N–H and O–H groups in total. The molecule has 0 unspecified atom stereocenters. The molecule has 1 aromatic rings. The van der Waals surface area contributed by atoms with Crippen molar-refractivity contribution in [3.8, 4) is 0 Å². The Morgan fingerprint density at radius 3 is 2.72 bits per heavy atom. The molecular weight excluding hydrogens is 226 g/mol. The molecular formula is C14H21N3O. The highest BCUT2D eigenvalue weighted by Gasteiger charge is 2.24. The van der Waals surface area contributed by atoms with Gasteiger partial charge in [-0.2, -0.15) is 0 Å². The van der Waals surface area contributed by atoms with Crippen molar-refractivity contribution in [3.63, 3.8) is 0 Å². The number of aryl methyl sites for hydroxylation is 1. The van der Waals surface area contributed by atoms with E-state index < -0.39 is 0 Å². The highest BCUT2D eigenvalue weighted by atomic mass is 16.2. The largest absolute Gasteiger partial charge is 0.373 e. The first-order valence-electron chi connectivity index (χ1n) is 6.38. The highest BCUT2D eigenvalue weighted by molar-refractivity contribution is 5.99. The Morgan fingerprint density at radius 2 is 2.06 bits per heavy atom. The van der Waals surface area contributed by atoms with Gasteiger partial charge < -0.3 is 15.5 Å². The number of amides is 1. The number of anilines is 2. The molecule has 4 heteroatoms. The van der Waals surface area contributed by atoms with Gasteiger partial charge in [0.25, 0.3) is 0 Å². The fraction of sp³-hybridized carbons (Fsp3) is 0.500. The van der Waals surface area contributed by atoms with Gasteiger partial charge in [-0.05, 0) is 37.5 Å². The number of rotatable bonds is 1. The van der Waals surface area contributed by atoms with E-state index in [1.165, 1.54) is 11.1 Å². The van der Waals surface area contributed by atoms with Gasteiger partial charge in [-0.25, -0.2) is 0 Å². The van der Waals surface area contributed by atoms with Crippen LogP contribution in [0, 0.1) is 13.8 Å². The summed E-state index contributed by atoms with van der Waals surface area (Å²) in [6, 6.07) is 4.21. The Hall–Kier alpha value is -1.55. The summed E-state index contributed by atoms with van der Waals surface area (Å²) in [6.45, 7) is 5.92. The Kier molecular flexibility index (Phi) is 3.57. The van der Waals surface area contributed by atoms with E-state index in [0.717, 1.165) is 30.9 Å². The van der Waals surface area contributed by atoms with E-state index in [2.05, 4.69) is 37.9 Å². The number of nitrogens with zero attached hydrogens (tertiary/aromatic N) is 2. The molecule has 2 rings (SSSR count). The zero-order valence-electron chi connectivity index (χ0n) is 11.4. The fourth-order valence-electron chi connectivity index (χ4n) is 2.49. The highest BCUT2D eigenvalue weighted by Crippen LogP contribution is 2.36. The van der Waals surface area contributed by atoms with Crippen molar-refractivity contribution in [2.75, 3.05) is 36.5 Å². The number of nitrogens with two attached hydrogens (primary N) is 1. The minimum atomic E-state index is 0.000231. The van der Waals surface area contributed by atoms with E-state index in [1.807, 2.05) is 4.90 Å². The summed E-state index contributed by atoms with van der Waals surface area (Å²) in [7, 11) is 2.07. The number of hydrogen-bond donors (Lipinski definition) is 1. The van der Waals surface area contributed by atoms with E-state index in [9.17, 15) is 4.79 Å². The van der Waals surface area contributed by atoms with Crippen LogP contribution in [-0.2, 0) is 4.79 Å². The molecule has 1 aliphatic heterocycles. The van der Waals surface area contributed by atoms with Crippen LogP contribution in [0.15, 0.2) is 12.1 Å². The number of carbonyl (C=O) groups is 1. The quantitative estimate of drug-likeness (QED) is 0.817. The van der Waals surface area contributed by atoms with Gasteiger partial charge >= 0.3 is 0 Å². The monoisotopic (exact) mass is 247 g/mol. The second-order valence-corrected chi connectivity index (χ2v) is 4.90. The summed E-state index contributed by atoms with van der Waals surface area (Å²) in [5.41, 5.74) is 10.1. The van der Waals surface area contributed by atoms with Crippen LogP contribution in [0.4, 0.5) is 11.4 Å². The van der Waals surface area contributed by atoms with Gasteiger partial charge in [0.15, 0.2) is 0 Å². The molecule has 1 aromatic carbocycles. The summed E-state index contributed by atoms with van der Waals surface area (Å²) >= 11 is 0. The molecule has 0 radical (unpaired) electrons. The lowest BCUT2D eigenvalue weighted by molar-refractivity contribution is -0.117. The van der Waals surface area contributed by atoms with Crippen LogP contribution >= 0.6 is 0 Å². The normalized spacial score (nSPS) is 15.3. The molecule has 98 valence electrons. The first kappa shape index (κ1) is 12.9. The zero-order chi connectivity index (χ0) is 13.3. The molecule has 4 nitrogen and oxygen atoms in total. The van der Waals surface area contributed by atoms with Crippen LogP contribution in [0.5, 0.6) is 0 Å². The molecule has 0 aliphatic carbocycles. The Labute approximate surface area is 108 Å². The molecule has 0 saturated carbocycles. The van der Waals surface area contributed by atoms with Crippen LogP contribution in [-0.4, -0.2) is 32.6 Å². The van der Waals surface area contributed by atoms with E-state index in [1.54, 1.807) is 0 Å². The Morgan fingerprint density at radius 1 is 1.33 bits per heavy atom. The molecule has 1 amide bonds. The van der Waals surface area contributed by atoms with Crippen molar-refractivity contribution in [1.82, 2.24) is 0 Å². The molecule has 0 bridgehead atoms. The Balaban J connectivity index is 2.59. The first-order valence-corrected chi connectivity index (χ1v) is 6.38. The van der Waals surface area contributed by atoms with Gasteiger partial charge in [0.05, 0.1) is 17.9 Å².